The van der Waals surface area contributed by atoms with Gasteiger partial charge in [-0.25, -0.2) is 0 Å². The van der Waals surface area contributed by atoms with Gasteiger partial charge in [-0.15, -0.1) is 0 Å². The van der Waals surface area contributed by atoms with Gasteiger partial charge in [0.25, 0.3) is 5.91 Å². The van der Waals surface area contributed by atoms with Gasteiger partial charge in [0, 0.05) is 11.1 Å². The molecule has 0 saturated carbocycles. The highest BCUT2D eigenvalue weighted by Gasteiger charge is 2.35. The van der Waals surface area contributed by atoms with Crippen molar-refractivity contribution in [2.75, 3.05) is 5.32 Å². The Balaban J connectivity index is 1.84. The number of amides is 1. The van der Waals surface area contributed by atoms with Crippen LogP contribution in [0.3, 0.4) is 0 Å². The summed E-state index contributed by atoms with van der Waals surface area (Å²) in [5.41, 5.74) is 1.13. The highest BCUT2D eigenvalue weighted by atomic mass is 35.5. The van der Waals surface area contributed by atoms with Crippen LogP contribution in [0.5, 0.6) is 0 Å². The maximum atomic E-state index is 13.1. The van der Waals surface area contributed by atoms with Crippen molar-refractivity contribution >= 4 is 46.4 Å². The minimum atomic E-state index is -0.448. The number of carbonyl (C=O) groups is 3. The van der Waals surface area contributed by atoms with E-state index in [-0.39, 0.29) is 43.9 Å². The zero-order valence-electron chi connectivity index (χ0n) is 13.8. The van der Waals surface area contributed by atoms with Gasteiger partial charge in [-0.2, -0.15) is 0 Å². The smallest absolute Gasteiger partial charge is 0.255 e. The van der Waals surface area contributed by atoms with E-state index in [2.05, 4.69) is 5.32 Å². The first-order valence-corrected chi connectivity index (χ1v) is 8.81. The Hall–Kier alpha value is -2.95. The number of hydrogen-bond acceptors (Lipinski definition) is 3. The third-order valence-corrected chi connectivity index (χ3v) is 5.01. The second-order valence-electron chi connectivity index (χ2n) is 5.99. The fourth-order valence-corrected chi connectivity index (χ4v) is 3.62. The van der Waals surface area contributed by atoms with Gasteiger partial charge < -0.3 is 5.32 Å². The third-order valence-electron chi connectivity index (χ3n) is 4.38. The first-order valence-electron chi connectivity index (χ1n) is 8.06. The van der Waals surface area contributed by atoms with E-state index in [4.69, 9.17) is 23.2 Å². The number of benzene rings is 3. The molecular weight excluding hydrogens is 385 g/mol. The summed E-state index contributed by atoms with van der Waals surface area (Å²) < 4.78 is 0. The average molecular weight is 396 g/mol. The van der Waals surface area contributed by atoms with Crippen LogP contribution in [-0.2, 0) is 0 Å². The molecule has 132 valence electrons. The molecule has 1 amide bonds. The summed E-state index contributed by atoms with van der Waals surface area (Å²) in [6.45, 7) is 0. The maximum Gasteiger partial charge on any atom is 0.255 e. The number of halogens is 2. The topological polar surface area (TPSA) is 63.2 Å². The van der Waals surface area contributed by atoms with E-state index in [9.17, 15) is 14.4 Å². The van der Waals surface area contributed by atoms with Gasteiger partial charge in [-0.3, -0.25) is 14.4 Å². The Bertz CT molecular complexity index is 1120. The molecule has 3 aromatic carbocycles. The summed E-state index contributed by atoms with van der Waals surface area (Å²) in [6, 6.07) is 16.3. The van der Waals surface area contributed by atoms with Gasteiger partial charge in [-0.05, 0) is 30.3 Å². The Morgan fingerprint density at radius 1 is 0.704 bits per heavy atom. The quantitative estimate of drug-likeness (QED) is 0.518. The van der Waals surface area contributed by atoms with Crippen molar-refractivity contribution in [3.05, 3.63) is 98.5 Å². The molecule has 0 aliphatic heterocycles. The van der Waals surface area contributed by atoms with Gasteiger partial charge in [0.05, 0.1) is 32.4 Å². The molecule has 0 fully saturated rings. The fraction of sp³-hybridized carbons (Fsp3) is 0. The van der Waals surface area contributed by atoms with E-state index in [0.29, 0.717) is 5.56 Å². The van der Waals surface area contributed by atoms with E-state index in [1.165, 1.54) is 18.2 Å². The number of ketones is 2. The van der Waals surface area contributed by atoms with Crippen molar-refractivity contribution in [3.63, 3.8) is 0 Å². The molecule has 3 aromatic rings. The van der Waals surface area contributed by atoms with E-state index in [0.717, 1.165) is 0 Å². The second kappa shape index (κ2) is 6.65. The van der Waals surface area contributed by atoms with Crippen molar-refractivity contribution in [2.24, 2.45) is 0 Å². The van der Waals surface area contributed by atoms with Crippen LogP contribution in [0.4, 0.5) is 5.69 Å². The van der Waals surface area contributed by atoms with Crippen LogP contribution in [0.15, 0.2) is 60.7 Å². The van der Waals surface area contributed by atoms with E-state index in [1.54, 1.807) is 42.5 Å². The summed E-state index contributed by atoms with van der Waals surface area (Å²) in [7, 11) is 0. The zero-order chi connectivity index (χ0) is 19.1. The first-order chi connectivity index (χ1) is 13.0. The number of rotatable bonds is 2. The minimum Gasteiger partial charge on any atom is -0.321 e. The van der Waals surface area contributed by atoms with Crippen molar-refractivity contribution < 1.29 is 14.4 Å². The van der Waals surface area contributed by atoms with Crippen molar-refractivity contribution in [2.45, 2.75) is 0 Å². The van der Waals surface area contributed by atoms with Crippen LogP contribution in [0.1, 0.15) is 42.2 Å². The maximum absolute atomic E-state index is 13.1. The van der Waals surface area contributed by atoms with Gasteiger partial charge in [-0.1, -0.05) is 53.5 Å². The highest BCUT2D eigenvalue weighted by molar-refractivity contribution is 6.44. The van der Waals surface area contributed by atoms with Crippen molar-refractivity contribution in [1.29, 1.82) is 0 Å². The number of hydrogen-bond donors (Lipinski definition) is 1. The molecule has 0 bridgehead atoms. The lowest BCUT2D eigenvalue weighted by Gasteiger charge is -2.22. The Morgan fingerprint density at radius 2 is 1.33 bits per heavy atom. The van der Waals surface area contributed by atoms with Gasteiger partial charge in [0.2, 0.25) is 0 Å². The summed E-state index contributed by atoms with van der Waals surface area (Å²) in [4.78, 5) is 38.5. The molecule has 0 heterocycles. The molecule has 1 aliphatic carbocycles. The SMILES string of the molecule is O=C(Nc1cccc2c1C(=O)c1c(Cl)ccc(Cl)c1C2=O)c1ccccc1. The van der Waals surface area contributed by atoms with E-state index in [1.807, 2.05) is 0 Å². The molecule has 1 aliphatic rings. The van der Waals surface area contributed by atoms with Crippen LogP contribution in [0, 0.1) is 0 Å². The van der Waals surface area contributed by atoms with Crippen LogP contribution in [-0.4, -0.2) is 17.5 Å². The first kappa shape index (κ1) is 17.5. The molecular formula is C21H11Cl2NO3. The molecule has 0 unspecified atom stereocenters. The lowest BCUT2D eigenvalue weighted by Crippen LogP contribution is -2.24. The monoisotopic (exact) mass is 395 g/mol. The molecule has 0 aromatic heterocycles. The van der Waals surface area contributed by atoms with E-state index < -0.39 is 11.6 Å². The average Bonchev–Trinajstić information content (AvgIpc) is 2.68. The molecule has 1 N–H and O–H groups in total. The molecule has 0 spiro atoms. The van der Waals surface area contributed by atoms with Crippen LogP contribution in [0.2, 0.25) is 10.0 Å². The molecule has 0 saturated heterocycles. The third kappa shape index (κ3) is 2.83. The molecule has 0 atom stereocenters. The lowest BCUT2D eigenvalue weighted by atomic mass is 9.83. The molecule has 4 nitrogen and oxygen atoms in total. The van der Waals surface area contributed by atoms with Gasteiger partial charge in [0.15, 0.2) is 11.6 Å². The summed E-state index contributed by atoms with van der Waals surface area (Å²) in [6.07, 6.45) is 0. The summed E-state index contributed by atoms with van der Waals surface area (Å²) in [5.74, 6) is -1.23. The Kier molecular flexibility index (Phi) is 4.30. The largest absolute Gasteiger partial charge is 0.321 e. The predicted molar refractivity (Wildman–Crippen MR) is 104 cm³/mol. The minimum absolute atomic E-state index is 0.0584. The highest BCUT2D eigenvalue weighted by Crippen LogP contribution is 2.38. The van der Waals surface area contributed by atoms with Crippen LogP contribution < -0.4 is 5.32 Å². The van der Waals surface area contributed by atoms with E-state index >= 15 is 0 Å². The Morgan fingerprint density at radius 3 is 2.00 bits per heavy atom. The molecule has 6 heteroatoms. The number of carbonyl (C=O) groups excluding carboxylic acids is 3. The standard InChI is InChI=1S/C21H11Cl2NO3/c22-13-9-10-14(23)18-17(13)19(25)12-7-4-8-15(16(12)20(18)26)24-21(27)11-5-2-1-3-6-11/h1-10H,(H,24,27). The van der Waals surface area contributed by atoms with Crippen LogP contribution >= 0.6 is 23.2 Å². The predicted octanol–water partition coefficient (Wildman–Crippen LogP) is 5.02. The normalized spacial score (nSPS) is 12.4. The molecule has 27 heavy (non-hydrogen) atoms. The number of nitrogens with one attached hydrogen (secondary N) is 1. The second-order valence-corrected chi connectivity index (χ2v) is 6.80. The van der Waals surface area contributed by atoms with Gasteiger partial charge >= 0.3 is 0 Å². The van der Waals surface area contributed by atoms with Crippen molar-refractivity contribution in [1.82, 2.24) is 0 Å². The molecule has 4 rings (SSSR count). The lowest BCUT2D eigenvalue weighted by molar-refractivity contribution is 0.0979. The van der Waals surface area contributed by atoms with Crippen molar-refractivity contribution in [3.8, 4) is 0 Å². The van der Waals surface area contributed by atoms with Gasteiger partial charge in [0.1, 0.15) is 0 Å². The van der Waals surface area contributed by atoms with Crippen LogP contribution in [0.25, 0.3) is 0 Å². The molecule has 0 radical (unpaired) electrons. The Labute approximate surface area is 164 Å². The summed E-state index contributed by atoms with van der Waals surface area (Å²) in [5, 5.41) is 3.02. The number of anilines is 1. The fourth-order valence-electron chi connectivity index (χ4n) is 3.13. The number of fused-ring (bicyclic) bond motifs is 2. The summed E-state index contributed by atoms with van der Waals surface area (Å²) >= 11 is 12.3. The zero-order valence-corrected chi connectivity index (χ0v) is 15.3.